The number of hydrogen-bond acceptors (Lipinski definition) is 3. The molecule has 1 heterocycles. The van der Waals surface area contributed by atoms with Crippen LogP contribution in [0.25, 0.3) is 0 Å². The van der Waals surface area contributed by atoms with Crippen molar-refractivity contribution in [3.63, 3.8) is 0 Å². The molecule has 1 amide bonds. The van der Waals surface area contributed by atoms with Crippen molar-refractivity contribution in [2.45, 2.75) is 13.5 Å². The van der Waals surface area contributed by atoms with Gasteiger partial charge in [-0.1, -0.05) is 30.3 Å². The average Bonchev–Trinajstić information content (AvgIpc) is 2.38. The molecular formula is C14H14N2O2. The van der Waals surface area contributed by atoms with Gasteiger partial charge in [-0.25, -0.2) is 4.98 Å². The lowest BCUT2D eigenvalue weighted by atomic mass is 10.2. The fraction of sp³-hybridized carbons (Fsp3) is 0.143. The van der Waals surface area contributed by atoms with Crippen molar-refractivity contribution in [2.24, 2.45) is 0 Å². The third-order valence-electron chi connectivity index (χ3n) is 2.29. The molecule has 92 valence electrons. The lowest BCUT2D eigenvalue weighted by Crippen LogP contribution is -2.07. The topological polar surface area (TPSA) is 51.2 Å². The Labute approximate surface area is 106 Å². The van der Waals surface area contributed by atoms with Crippen molar-refractivity contribution < 1.29 is 9.53 Å². The second-order valence-corrected chi connectivity index (χ2v) is 3.83. The maximum absolute atomic E-state index is 10.8. The summed E-state index contributed by atoms with van der Waals surface area (Å²) in [6.07, 6.45) is 1.59. The maximum atomic E-state index is 10.8. The summed E-state index contributed by atoms with van der Waals surface area (Å²) in [6, 6.07) is 13.4. The standard InChI is InChI=1S/C14H14N2O2/c1-11(17)16-14-8-7-13(9-15-14)18-10-12-5-3-2-4-6-12/h2-9H,10H2,1H3,(H,15,16,17). The Balaban J connectivity index is 1.92. The van der Waals surface area contributed by atoms with E-state index in [1.54, 1.807) is 18.3 Å². The number of hydrogen-bond donors (Lipinski definition) is 1. The third kappa shape index (κ3) is 3.59. The SMILES string of the molecule is CC(=O)Nc1ccc(OCc2ccccc2)cn1. The van der Waals surface area contributed by atoms with Gasteiger partial charge in [0.05, 0.1) is 6.20 Å². The number of rotatable bonds is 4. The number of benzene rings is 1. The van der Waals surface area contributed by atoms with Crippen LogP contribution in [-0.4, -0.2) is 10.9 Å². The number of nitrogens with zero attached hydrogens (tertiary/aromatic N) is 1. The average molecular weight is 242 g/mol. The molecule has 1 aromatic carbocycles. The van der Waals surface area contributed by atoms with Gasteiger partial charge in [0.15, 0.2) is 0 Å². The molecule has 0 saturated carbocycles. The second-order valence-electron chi connectivity index (χ2n) is 3.83. The van der Waals surface area contributed by atoms with E-state index in [0.29, 0.717) is 18.2 Å². The van der Waals surface area contributed by atoms with Gasteiger partial charge in [0.2, 0.25) is 5.91 Å². The Morgan fingerprint density at radius 1 is 1.22 bits per heavy atom. The van der Waals surface area contributed by atoms with E-state index in [1.807, 2.05) is 30.3 Å². The molecule has 0 radical (unpaired) electrons. The number of carbonyl (C=O) groups excluding carboxylic acids is 1. The molecule has 18 heavy (non-hydrogen) atoms. The summed E-state index contributed by atoms with van der Waals surface area (Å²) < 4.78 is 5.58. The number of pyridine rings is 1. The van der Waals surface area contributed by atoms with E-state index in [-0.39, 0.29) is 5.91 Å². The molecular weight excluding hydrogens is 228 g/mol. The Morgan fingerprint density at radius 2 is 2.00 bits per heavy atom. The first-order valence-electron chi connectivity index (χ1n) is 5.64. The minimum atomic E-state index is -0.138. The molecule has 4 heteroatoms. The molecule has 4 nitrogen and oxygen atoms in total. The Bertz CT molecular complexity index is 509. The van der Waals surface area contributed by atoms with E-state index in [1.165, 1.54) is 6.92 Å². The molecule has 0 unspecified atom stereocenters. The van der Waals surface area contributed by atoms with E-state index >= 15 is 0 Å². The molecule has 2 rings (SSSR count). The predicted octanol–water partition coefficient (Wildman–Crippen LogP) is 2.62. The van der Waals surface area contributed by atoms with Crippen LogP contribution in [0.1, 0.15) is 12.5 Å². The van der Waals surface area contributed by atoms with Crippen LogP contribution in [0.3, 0.4) is 0 Å². The zero-order valence-electron chi connectivity index (χ0n) is 10.1. The summed E-state index contributed by atoms with van der Waals surface area (Å²) in [5, 5.41) is 2.60. The lowest BCUT2D eigenvalue weighted by molar-refractivity contribution is -0.114. The van der Waals surface area contributed by atoms with Crippen molar-refractivity contribution in [3.8, 4) is 5.75 Å². The van der Waals surface area contributed by atoms with E-state index in [4.69, 9.17) is 4.74 Å². The number of anilines is 1. The number of nitrogens with one attached hydrogen (secondary N) is 1. The molecule has 0 aliphatic carbocycles. The highest BCUT2D eigenvalue weighted by Gasteiger charge is 1.99. The van der Waals surface area contributed by atoms with Crippen molar-refractivity contribution in [1.82, 2.24) is 4.98 Å². The first-order chi connectivity index (χ1) is 8.74. The van der Waals surface area contributed by atoms with Crippen LogP contribution in [0.2, 0.25) is 0 Å². The smallest absolute Gasteiger partial charge is 0.222 e. The molecule has 0 spiro atoms. The summed E-state index contributed by atoms with van der Waals surface area (Å²) in [5.74, 6) is 1.06. The quantitative estimate of drug-likeness (QED) is 0.896. The number of carbonyl (C=O) groups is 1. The molecule has 1 aromatic heterocycles. The van der Waals surface area contributed by atoms with Crippen LogP contribution in [0.15, 0.2) is 48.7 Å². The minimum Gasteiger partial charge on any atom is -0.487 e. The van der Waals surface area contributed by atoms with E-state index < -0.39 is 0 Å². The number of aromatic nitrogens is 1. The Morgan fingerprint density at radius 3 is 2.61 bits per heavy atom. The molecule has 0 aliphatic heterocycles. The predicted molar refractivity (Wildman–Crippen MR) is 69.3 cm³/mol. The van der Waals surface area contributed by atoms with Gasteiger partial charge in [0.1, 0.15) is 18.2 Å². The Kier molecular flexibility index (Phi) is 3.91. The Hall–Kier alpha value is -2.36. The maximum Gasteiger partial charge on any atom is 0.222 e. The van der Waals surface area contributed by atoms with Gasteiger partial charge in [-0.15, -0.1) is 0 Å². The molecule has 0 saturated heterocycles. The summed E-state index contributed by atoms with van der Waals surface area (Å²) >= 11 is 0. The van der Waals surface area contributed by atoms with Gasteiger partial charge in [-0.05, 0) is 17.7 Å². The van der Waals surface area contributed by atoms with Crippen molar-refractivity contribution >= 4 is 11.7 Å². The molecule has 0 fully saturated rings. The van der Waals surface area contributed by atoms with Crippen LogP contribution in [0.5, 0.6) is 5.75 Å². The molecule has 1 N–H and O–H groups in total. The summed E-state index contributed by atoms with van der Waals surface area (Å²) in [5.41, 5.74) is 1.10. The normalized spacial score (nSPS) is 9.83. The van der Waals surface area contributed by atoms with Gasteiger partial charge >= 0.3 is 0 Å². The van der Waals surface area contributed by atoms with Crippen molar-refractivity contribution in [2.75, 3.05) is 5.32 Å². The first-order valence-corrected chi connectivity index (χ1v) is 5.64. The monoisotopic (exact) mass is 242 g/mol. The van der Waals surface area contributed by atoms with Gasteiger partial charge in [-0.2, -0.15) is 0 Å². The van der Waals surface area contributed by atoms with E-state index in [9.17, 15) is 4.79 Å². The molecule has 0 bridgehead atoms. The summed E-state index contributed by atoms with van der Waals surface area (Å²) in [6.45, 7) is 1.95. The van der Waals surface area contributed by atoms with Crippen LogP contribution in [0, 0.1) is 0 Å². The number of amides is 1. The molecule has 0 aliphatic rings. The van der Waals surface area contributed by atoms with Gasteiger partial charge in [0, 0.05) is 6.92 Å². The van der Waals surface area contributed by atoms with Gasteiger partial charge < -0.3 is 10.1 Å². The highest BCUT2D eigenvalue weighted by molar-refractivity contribution is 5.87. The van der Waals surface area contributed by atoms with Crippen LogP contribution < -0.4 is 10.1 Å². The molecule has 0 atom stereocenters. The third-order valence-corrected chi connectivity index (χ3v) is 2.29. The van der Waals surface area contributed by atoms with Crippen molar-refractivity contribution in [3.05, 3.63) is 54.2 Å². The van der Waals surface area contributed by atoms with Crippen LogP contribution in [-0.2, 0) is 11.4 Å². The summed E-state index contributed by atoms with van der Waals surface area (Å²) in [4.78, 5) is 14.9. The van der Waals surface area contributed by atoms with Crippen molar-refractivity contribution in [1.29, 1.82) is 0 Å². The highest BCUT2D eigenvalue weighted by Crippen LogP contribution is 2.13. The first kappa shape index (κ1) is 12.1. The minimum absolute atomic E-state index is 0.138. The van der Waals surface area contributed by atoms with E-state index in [0.717, 1.165) is 5.56 Å². The molecule has 2 aromatic rings. The van der Waals surface area contributed by atoms with Gasteiger partial charge in [-0.3, -0.25) is 4.79 Å². The fourth-order valence-corrected chi connectivity index (χ4v) is 1.46. The fourth-order valence-electron chi connectivity index (χ4n) is 1.46. The largest absolute Gasteiger partial charge is 0.487 e. The van der Waals surface area contributed by atoms with Crippen LogP contribution >= 0.6 is 0 Å². The van der Waals surface area contributed by atoms with Crippen LogP contribution in [0.4, 0.5) is 5.82 Å². The highest BCUT2D eigenvalue weighted by atomic mass is 16.5. The zero-order chi connectivity index (χ0) is 12.8. The number of ether oxygens (including phenoxy) is 1. The zero-order valence-corrected chi connectivity index (χ0v) is 10.1. The lowest BCUT2D eigenvalue weighted by Gasteiger charge is -2.06. The van der Waals surface area contributed by atoms with Gasteiger partial charge in [0.25, 0.3) is 0 Å². The second kappa shape index (κ2) is 5.82. The summed E-state index contributed by atoms with van der Waals surface area (Å²) in [7, 11) is 0. The van der Waals surface area contributed by atoms with E-state index in [2.05, 4.69) is 10.3 Å².